The van der Waals surface area contributed by atoms with Gasteiger partial charge in [-0.05, 0) is 42.0 Å². The molecule has 0 spiro atoms. The second kappa shape index (κ2) is 4.16. The molecule has 1 radical (unpaired) electrons. The van der Waals surface area contributed by atoms with E-state index in [1.54, 1.807) is 18.2 Å². The van der Waals surface area contributed by atoms with E-state index in [-0.39, 0.29) is 0 Å². The van der Waals surface area contributed by atoms with Crippen LogP contribution >= 0.6 is 0 Å². The SMILES string of the molecule is FC(F)(F)c1cccc(-c2cc3c[c]ccc3[nH]2)c1. The summed E-state index contributed by atoms with van der Waals surface area (Å²) in [6, 6.07) is 15.4. The third kappa shape index (κ3) is 2.21. The van der Waals surface area contributed by atoms with Crippen molar-refractivity contribution in [1.29, 1.82) is 0 Å². The number of halogens is 3. The van der Waals surface area contributed by atoms with E-state index in [2.05, 4.69) is 11.1 Å². The van der Waals surface area contributed by atoms with Crippen molar-refractivity contribution in [2.45, 2.75) is 6.18 Å². The maximum absolute atomic E-state index is 12.7. The molecule has 0 bridgehead atoms. The highest BCUT2D eigenvalue weighted by molar-refractivity contribution is 5.85. The number of aromatic amines is 1. The minimum Gasteiger partial charge on any atom is -0.355 e. The van der Waals surface area contributed by atoms with Crippen molar-refractivity contribution >= 4 is 10.9 Å². The van der Waals surface area contributed by atoms with Crippen LogP contribution in [-0.2, 0) is 6.18 Å². The standard InChI is InChI=1S/C15H9F3N/c16-15(17,18)12-6-3-5-10(8-12)14-9-11-4-1-2-7-13(11)19-14/h2-9,19H. The molecule has 2 aromatic carbocycles. The zero-order valence-electron chi connectivity index (χ0n) is 9.75. The second-order valence-electron chi connectivity index (χ2n) is 4.27. The Morgan fingerprint density at radius 2 is 1.89 bits per heavy atom. The summed E-state index contributed by atoms with van der Waals surface area (Å²) in [5.41, 5.74) is 1.42. The predicted octanol–water partition coefficient (Wildman–Crippen LogP) is 4.65. The molecule has 19 heavy (non-hydrogen) atoms. The Kier molecular flexibility index (Phi) is 2.59. The van der Waals surface area contributed by atoms with Crippen LogP contribution in [0.4, 0.5) is 13.2 Å². The van der Waals surface area contributed by atoms with Crippen molar-refractivity contribution in [1.82, 2.24) is 4.98 Å². The lowest BCUT2D eigenvalue weighted by molar-refractivity contribution is -0.137. The first-order chi connectivity index (χ1) is 9.04. The lowest BCUT2D eigenvalue weighted by Crippen LogP contribution is -2.04. The zero-order chi connectivity index (χ0) is 13.5. The highest BCUT2D eigenvalue weighted by Gasteiger charge is 2.30. The smallest absolute Gasteiger partial charge is 0.355 e. The number of fused-ring (bicyclic) bond motifs is 1. The van der Waals surface area contributed by atoms with Crippen LogP contribution in [-0.4, -0.2) is 4.98 Å². The van der Waals surface area contributed by atoms with E-state index in [0.717, 1.165) is 23.0 Å². The van der Waals surface area contributed by atoms with Gasteiger partial charge < -0.3 is 4.98 Å². The maximum atomic E-state index is 12.7. The minimum absolute atomic E-state index is 0.519. The number of H-pyrrole nitrogens is 1. The summed E-state index contributed by atoms with van der Waals surface area (Å²) in [4.78, 5) is 3.10. The molecule has 1 aromatic heterocycles. The summed E-state index contributed by atoms with van der Waals surface area (Å²) in [6.07, 6.45) is -4.32. The summed E-state index contributed by atoms with van der Waals surface area (Å²) >= 11 is 0. The Morgan fingerprint density at radius 3 is 2.63 bits per heavy atom. The Morgan fingerprint density at radius 1 is 1.05 bits per heavy atom. The first kappa shape index (κ1) is 11.8. The summed E-state index contributed by atoms with van der Waals surface area (Å²) in [5, 5.41) is 0.926. The van der Waals surface area contributed by atoms with Gasteiger partial charge in [-0.3, -0.25) is 0 Å². The van der Waals surface area contributed by atoms with E-state index in [4.69, 9.17) is 0 Å². The lowest BCUT2D eigenvalue weighted by Gasteiger charge is -2.07. The predicted molar refractivity (Wildman–Crippen MR) is 67.6 cm³/mol. The molecule has 0 atom stereocenters. The van der Waals surface area contributed by atoms with Gasteiger partial charge >= 0.3 is 6.18 Å². The number of alkyl halides is 3. The van der Waals surface area contributed by atoms with Crippen molar-refractivity contribution in [3.05, 3.63) is 60.2 Å². The molecular weight excluding hydrogens is 251 g/mol. The van der Waals surface area contributed by atoms with E-state index >= 15 is 0 Å². The Labute approximate surface area is 107 Å². The van der Waals surface area contributed by atoms with Crippen LogP contribution in [0, 0.1) is 6.07 Å². The van der Waals surface area contributed by atoms with E-state index in [9.17, 15) is 13.2 Å². The highest BCUT2D eigenvalue weighted by Crippen LogP contribution is 2.32. The summed E-state index contributed by atoms with van der Waals surface area (Å²) < 4.78 is 38.0. The number of hydrogen-bond donors (Lipinski definition) is 1. The zero-order valence-corrected chi connectivity index (χ0v) is 9.75. The van der Waals surface area contributed by atoms with Crippen molar-refractivity contribution in [2.24, 2.45) is 0 Å². The molecule has 95 valence electrons. The van der Waals surface area contributed by atoms with Crippen LogP contribution in [0.5, 0.6) is 0 Å². The fourth-order valence-electron chi connectivity index (χ4n) is 2.03. The van der Waals surface area contributed by atoms with E-state index in [1.807, 2.05) is 12.1 Å². The molecule has 0 fully saturated rings. The molecule has 0 amide bonds. The third-order valence-electron chi connectivity index (χ3n) is 2.97. The quantitative estimate of drug-likeness (QED) is 0.655. The molecule has 3 rings (SSSR count). The van der Waals surface area contributed by atoms with E-state index < -0.39 is 11.7 Å². The second-order valence-corrected chi connectivity index (χ2v) is 4.27. The van der Waals surface area contributed by atoms with Crippen molar-refractivity contribution < 1.29 is 13.2 Å². The molecule has 0 saturated heterocycles. The number of benzene rings is 2. The lowest BCUT2D eigenvalue weighted by atomic mass is 10.1. The van der Waals surface area contributed by atoms with Gasteiger partial charge in [0.15, 0.2) is 0 Å². The van der Waals surface area contributed by atoms with Crippen LogP contribution in [0.2, 0.25) is 0 Å². The average molecular weight is 260 g/mol. The fourth-order valence-corrected chi connectivity index (χ4v) is 2.03. The fraction of sp³-hybridized carbons (Fsp3) is 0.0667. The van der Waals surface area contributed by atoms with Gasteiger partial charge in [-0.25, -0.2) is 0 Å². The molecule has 1 N–H and O–H groups in total. The van der Waals surface area contributed by atoms with Crippen molar-refractivity contribution in [3.8, 4) is 11.3 Å². The van der Waals surface area contributed by atoms with Crippen LogP contribution in [0.15, 0.2) is 48.5 Å². The number of hydrogen-bond acceptors (Lipinski definition) is 0. The normalized spacial score (nSPS) is 11.9. The first-order valence-electron chi connectivity index (χ1n) is 5.70. The van der Waals surface area contributed by atoms with Gasteiger partial charge in [0.2, 0.25) is 0 Å². The number of nitrogens with one attached hydrogen (secondary N) is 1. The monoisotopic (exact) mass is 260 g/mol. The Hall–Kier alpha value is -2.23. The molecule has 0 aliphatic heterocycles. The highest BCUT2D eigenvalue weighted by atomic mass is 19.4. The van der Waals surface area contributed by atoms with E-state index in [1.165, 1.54) is 6.07 Å². The van der Waals surface area contributed by atoms with Crippen molar-refractivity contribution in [2.75, 3.05) is 0 Å². The maximum Gasteiger partial charge on any atom is 0.416 e. The van der Waals surface area contributed by atoms with Gasteiger partial charge in [0.1, 0.15) is 0 Å². The largest absolute Gasteiger partial charge is 0.416 e. The van der Waals surface area contributed by atoms with Crippen LogP contribution in [0.25, 0.3) is 22.2 Å². The van der Waals surface area contributed by atoms with Gasteiger partial charge in [0.05, 0.1) is 5.56 Å². The van der Waals surface area contributed by atoms with Gasteiger partial charge in [0.25, 0.3) is 0 Å². The minimum atomic E-state index is -4.32. The summed E-state index contributed by atoms with van der Waals surface area (Å²) in [6.45, 7) is 0. The van der Waals surface area contributed by atoms with Crippen molar-refractivity contribution in [3.63, 3.8) is 0 Å². The molecule has 0 saturated carbocycles. The van der Waals surface area contributed by atoms with E-state index in [0.29, 0.717) is 11.3 Å². The Bertz CT molecular complexity index is 692. The van der Waals surface area contributed by atoms with Gasteiger partial charge in [-0.1, -0.05) is 18.2 Å². The molecule has 0 aliphatic carbocycles. The van der Waals surface area contributed by atoms with Crippen LogP contribution in [0.3, 0.4) is 0 Å². The molecular formula is C15H9F3N. The molecule has 4 heteroatoms. The first-order valence-corrected chi connectivity index (χ1v) is 5.70. The molecule has 1 heterocycles. The average Bonchev–Trinajstić information content (AvgIpc) is 2.81. The molecule has 1 nitrogen and oxygen atoms in total. The molecule has 3 aromatic rings. The topological polar surface area (TPSA) is 15.8 Å². The molecule has 0 unspecified atom stereocenters. The van der Waals surface area contributed by atoms with Gasteiger partial charge in [0, 0.05) is 16.6 Å². The number of aromatic nitrogens is 1. The molecule has 0 aliphatic rings. The number of rotatable bonds is 1. The third-order valence-corrected chi connectivity index (χ3v) is 2.97. The van der Waals surface area contributed by atoms with Gasteiger partial charge in [-0.2, -0.15) is 13.2 Å². The van der Waals surface area contributed by atoms with Gasteiger partial charge in [-0.15, -0.1) is 0 Å². The summed E-state index contributed by atoms with van der Waals surface area (Å²) in [5.74, 6) is 0. The summed E-state index contributed by atoms with van der Waals surface area (Å²) in [7, 11) is 0. The Balaban J connectivity index is 2.11. The van der Waals surface area contributed by atoms with Crippen LogP contribution in [0.1, 0.15) is 5.56 Å². The van der Waals surface area contributed by atoms with Crippen LogP contribution < -0.4 is 0 Å².